The number of halogens is 2. The molecule has 1 aromatic carbocycles. The fourth-order valence-corrected chi connectivity index (χ4v) is 4.36. The molecule has 10 heteroatoms. The lowest BCUT2D eigenvalue weighted by Crippen LogP contribution is -2.50. The van der Waals surface area contributed by atoms with Crippen molar-refractivity contribution in [2.45, 2.75) is 25.4 Å². The number of carbonyl (C=O) groups is 2. The number of aromatic nitrogens is 2. The Hall–Kier alpha value is -2.97. The highest BCUT2D eigenvalue weighted by Gasteiger charge is 2.28. The summed E-state index contributed by atoms with van der Waals surface area (Å²) in [5, 5.41) is 8.20. The molecule has 3 aromatic rings. The molecule has 5 N–H and O–H groups in total. The largest absolute Gasteiger partial charge is 0.376 e. The number of nitrogens with zero attached hydrogens (tertiary/aromatic N) is 2. The number of hydrogen-bond donors (Lipinski definition) is 4. The summed E-state index contributed by atoms with van der Waals surface area (Å²) in [4.78, 5) is 34.1. The smallest absolute Gasteiger partial charge is 0.252 e. The molecule has 0 aliphatic carbocycles. The van der Waals surface area contributed by atoms with Crippen LogP contribution in [0.2, 0.25) is 10.0 Å². The van der Waals surface area contributed by atoms with Crippen molar-refractivity contribution in [3.8, 4) is 0 Å². The number of rotatable bonds is 6. The van der Waals surface area contributed by atoms with Crippen LogP contribution in [0.1, 0.15) is 29.6 Å². The van der Waals surface area contributed by atoms with Gasteiger partial charge in [0.15, 0.2) is 0 Å². The molecule has 0 unspecified atom stereocenters. The number of amides is 2. The maximum atomic E-state index is 13.0. The molecule has 162 valence electrons. The van der Waals surface area contributed by atoms with Crippen molar-refractivity contribution in [3.05, 3.63) is 52.3 Å². The summed E-state index contributed by atoms with van der Waals surface area (Å²) in [6, 6.07) is 6.89. The fourth-order valence-electron chi connectivity index (χ4n) is 3.83. The number of nitrogens with one attached hydrogen (secondary N) is 3. The number of likely N-dealkylation sites (tertiary alicyclic amines) is 1. The van der Waals surface area contributed by atoms with Crippen LogP contribution in [0.5, 0.6) is 0 Å². The Morgan fingerprint density at radius 1 is 1.23 bits per heavy atom. The third-order valence-electron chi connectivity index (χ3n) is 5.29. The Balaban J connectivity index is 1.53. The van der Waals surface area contributed by atoms with Gasteiger partial charge in [-0.1, -0.05) is 23.2 Å². The van der Waals surface area contributed by atoms with Crippen molar-refractivity contribution in [2.24, 2.45) is 5.73 Å². The van der Waals surface area contributed by atoms with Crippen molar-refractivity contribution in [1.29, 1.82) is 0 Å². The van der Waals surface area contributed by atoms with Gasteiger partial charge in [0.1, 0.15) is 11.8 Å². The Kier molecular flexibility index (Phi) is 6.20. The standard InChI is InChI=1S/C21H22Cl2N6O2/c22-12-7-13(23)9-14(8-12)26-11-18(30)29-6-2-1-3-17(29)28-19-15-4-5-25-21(15)27-10-16(19)20(24)31/h4-5,7-10,17,26H,1-3,6,11H2,(H2,24,31)(H2,25,27,28)/t17-/m1/s1. The molecule has 8 nitrogen and oxygen atoms in total. The van der Waals surface area contributed by atoms with E-state index in [1.807, 2.05) is 6.07 Å². The molecule has 1 atom stereocenters. The molecule has 1 fully saturated rings. The van der Waals surface area contributed by atoms with Gasteiger partial charge in [-0.25, -0.2) is 4.98 Å². The number of nitrogens with two attached hydrogens (primary N) is 1. The Bertz CT molecular complexity index is 1110. The van der Waals surface area contributed by atoms with Gasteiger partial charge in [0.25, 0.3) is 5.91 Å². The molecule has 2 amide bonds. The van der Waals surface area contributed by atoms with E-state index < -0.39 is 5.91 Å². The summed E-state index contributed by atoms with van der Waals surface area (Å²) in [6.07, 6.45) is 5.55. The number of piperidine rings is 1. The second-order valence-corrected chi connectivity index (χ2v) is 8.28. The van der Waals surface area contributed by atoms with Gasteiger partial charge in [-0.15, -0.1) is 0 Å². The summed E-state index contributed by atoms with van der Waals surface area (Å²) in [5.74, 6) is -0.653. The van der Waals surface area contributed by atoms with E-state index in [9.17, 15) is 9.59 Å². The number of carbonyl (C=O) groups excluding carboxylic acids is 2. The first kappa shape index (κ1) is 21.3. The first-order chi connectivity index (χ1) is 14.9. The van der Waals surface area contributed by atoms with E-state index in [4.69, 9.17) is 28.9 Å². The number of pyridine rings is 1. The number of aromatic amines is 1. The van der Waals surface area contributed by atoms with E-state index >= 15 is 0 Å². The topological polar surface area (TPSA) is 116 Å². The van der Waals surface area contributed by atoms with Crippen LogP contribution >= 0.6 is 23.2 Å². The van der Waals surface area contributed by atoms with Crippen molar-refractivity contribution in [2.75, 3.05) is 23.7 Å². The maximum absolute atomic E-state index is 13.0. The number of primary amides is 1. The minimum absolute atomic E-state index is 0.0757. The zero-order chi connectivity index (χ0) is 22.0. The van der Waals surface area contributed by atoms with Crippen molar-refractivity contribution in [1.82, 2.24) is 14.9 Å². The van der Waals surface area contributed by atoms with Crippen LogP contribution in [0.3, 0.4) is 0 Å². The molecular formula is C21H22Cl2N6O2. The first-order valence-corrected chi connectivity index (χ1v) is 10.7. The summed E-state index contributed by atoms with van der Waals surface area (Å²) in [7, 11) is 0. The molecule has 1 saturated heterocycles. The third kappa shape index (κ3) is 4.70. The number of fused-ring (bicyclic) bond motifs is 1. The van der Waals surface area contributed by atoms with Gasteiger partial charge in [-0.3, -0.25) is 9.59 Å². The molecule has 0 spiro atoms. The number of hydrogen-bond acceptors (Lipinski definition) is 5. The van der Waals surface area contributed by atoms with Gasteiger partial charge in [-0.05, 0) is 43.5 Å². The minimum atomic E-state index is -0.578. The van der Waals surface area contributed by atoms with E-state index in [-0.39, 0.29) is 24.2 Å². The normalized spacial score (nSPS) is 16.3. The molecular weight excluding hydrogens is 439 g/mol. The molecule has 4 rings (SSSR count). The lowest BCUT2D eigenvalue weighted by molar-refractivity contribution is -0.132. The number of H-pyrrole nitrogens is 1. The number of benzene rings is 1. The van der Waals surface area contributed by atoms with Gasteiger partial charge in [0.05, 0.1) is 17.8 Å². The lowest BCUT2D eigenvalue weighted by Gasteiger charge is -2.37. The van der Waals surface area contributed by atoms with Crippen molar-refractivity contribution in [3.63, 3.8) is 0 Å². The predicted molar refractivity (Wildman–Crippen MR) is 123 cm³/mol. The zero-order valence-corrected chi connectivity index (χ0v) is 18.1. The van der Waals surface area contributed by atoms with Crippen LogP contribution in [0, 0.1) is 0 Å². The molecule has 1 aliphatic heterocycles. The first-order valence-electron chi connectivity index (χ1n) is 9.94. The highest BCUT2D eigenvalue weighted by molar-refractivity contribution is 6.35. The highest BCUT2D eigenvalue weighted by atomic mass is 35.5. The van der Waals surface area contributed by atoms with Crippen LogP contribution in [0.25, 0.3) is 11.0 Å². The summed E-state index contributed by atoms with van der Waals surface area (Å²) < 4.78 is 0. The molecule has 1 aliphatic rings. The molecule has 31 heavy (non-hydrogen) atoms. The van der Waals surface area contributed by atoms with Gasteiger partial charge < -0.3 is 26.3 Å². The fraction of sp³-hybridized carbons (Fsp3) is 0.286. The van der Waals surface area contributed by atoms with E-state index in [0.717, 1.165) is 24.6 Å². The Morgan fingerprint density at radius 3 is 2.74 bits per heavy atom. The van der Waals surface area contributed by atoms with E-state index in [1.54, 1.807) is 29.3 Å². The molecule has 0 bridgehead atoms. The van der Waals surface area contributed by atoms with E-state index in [2.05, 4.69) is 20.6 Å². The van der Waals surface area contributed by atoms with Crippen LogP contribution in [0.4, 0.5) is 11.4 Å². The van der Waals surface area contributed by atoms with Gasteiger partial charge in [0.2, 0.25) is 5.91 Å². The van der Waals surface area contributed by atoms with Gasteiger partial charge in [-0.2, -0.15) is 0 Å². The Morgan fingerprint density at radius 2 is 2.00 bits per heavy atom. The SMILES string of the molecule is NC(=O)c1cnc2[nH]ccc2c1N[C@H]1CCCCN1C(=O)CNc1cc(Cl)cc(Cl)c1. The molecule has 2 aromatic heterocycles. The number of anilines is 2. The third-order valence-corrected chi connectivity index (χ3v) is 5.73. The quantitative estimate of drug-likeness (QED) is 0.445. The van der Waals surface area contributed by atoms with Crippen LogP contribution in [-0.2, 0) is 4.79 Å². The summed E-state index contributed by atoms with van der Waals surface area (Å²) in [5.41, 5.74) is 7.75. The second kappa shape index (κ2) is 9.03. The molecule has 0 saturated carbocycles. The van der Waals surface area contributed by atoms with Gasteiger partial charge in [0, 0.05) is 40.1 Å². The monoisotopic (exact) mass is 460 g/mol. The zero-order valence-electron chi connectivity index (χ0n) is 16.6. The average molecular weight is 461 g/mol. The van der Waals surface area contributed by atoms with Crippen LogP contribution < -0.4 is 16.4 Å². The predicted octanol–water partition coefficient (Wildman–Crippen LogP) is 3.83. The van der Waals surface area contributed by atoms with Crippen molar-refractivity contribution >= 4 is 57.4 Å². The second-order valence-electron chi connectivity index (χ2n) is 7.41. The maximum Gasteiger partial charge on any atom is 0.252 e. The van der Waals surface area contributed by atoms with Crippen molar-refractivity contribution < 1.29 is 9.59 Å². The lowest BCUT2D eigenvalue weighted by atomic mass is 10.1. The average Bonchev–Trinajstić information content (AvgIpc) is 3.21. The highest BCUT2D eigenvalue weighted by Crippen LogP contribution is 2.29. The summed E-state index contributed by atoms with van der Waals surface area (Å²) >= 11 is 12.1. The van der Waals surface area contributed by atoms with E-state index in [1.165, 1.54) is 6.20 Å². The van der Waals surface area contributed by atoms with Gasteiger partial charge >= 0.3 is 0 Å². The molecule has 0 radical (unpaired) electrons. The van der Waals surface area contributed by atoms with Crippen LogP contribution in [0.15, 0.2) is 36.7 Å². The summed E-state index contributed by atoms with van der Waals surface area (Å²) in [6.45, 7) is 0.704. The minimum Gasteiger partial charge on any atom is -0.376 e. The Labute approximate surface area is 189 Å². The van der Waals surface area contributed by atoms with E-state index in [0.29, 0.717) is 33.6 Å². The molecule has 3 heterocycles. The van der Waals surface area contributed by atoms with Crippen LogP contribution in [-0.4, -0.2) is 45.9 Å².